The fourth-order valence-electron chi connectivity index (χ4n) is 3.26. The molecule has 3 heterocycles. The average molecular weight is 301 g/mol. The van der Waals surface area contributed by atoms with Gasteiger partial charge in [-0.05, 0) is 39.2 Å². The summed E-state index contributed by atoms with van der Waals surface area (Å²) in [5.41, 5.74) is 0. The Balaban J connectivity index is 1.37. The second-order valence-corrected chi connectivity index (χ2v) is 6.78. The van der Waals surface area contributed by atoms with Crippen LogP contribution in [0.4, 0.5) is 0 Å². The van der Waals surface area contributed by atoms with E-state index in [4.69, 9.17) is 4.52 Å². The van der Waals surface area contributed by atoms with E-state index >= 15 is 0 Å². The lowest BCUT2D eigenvalue weighted by atomic mass is 9.98. The van der Waals surface area contributed by atoms with Crippen molar-refractivity contribution >= 4 is 0 Å². The number of hydrogen-bond donors (Lipinski definition) is 0. The topological polar surface area (TPSA) is 60.0 Å². The second kappa shape index (κ2) is 5.50. The summed E-state index contributed by atoms with van der Waals surface area (Å²) in [4.78, 5) is 11.3. The molecule has 2 aromatic heterocycles. The third-order valence-electron chi connectivity index (χ3n) is 5.00. The van der Waals surface area contributed by atoms with E-state index in [2.05, 4.69) is 44.8 Å². The molecule has 1 aliphatic heterocycles. The van der Waals surface area contributed by atoms with Gasteiger partial charge in [0, 0.05) is 37.8 Å². The van der Waals surface area contributed by atoms with Crippen molar-refractivity contribution in [1.29, 1.82) is 0 Å². The number of nitrogens with zero attached hydrogens (tertiary/aromatic N) is 5. The summed E-state index contributed by atoms with van der Waals surface area (Å²) in [5.74, 6) is 4.07. The van der Waals surface area contributed by atoms with E-state index < -0.39 is 0 Å². The minimum absolute atomic E-state index is 0.171. The van der Waals surface area contributed by atoms with Gasteiger partial charge in [0.05, 0.1) is 6.04 Å². The van der Waals surface area contributed by atoms with Gasteiger partial charge in [0.2, 0.25) is 5.89 Å². The number of rotatable bonds is 5. The first kappa shape index (κ1) is 13.9. The number of aryl methyl sites for hydroxylation is 1. The first-order valence-corrected chi connectivity index (χ1v) is 8.24. The summed E-state index contributed by atoms with van der Waals surface area (Å²) < 4.78 is 7.75. The Kier molecular flexibility index (Phi) is 3.48. The van der Waals surface area contributed by atoms with Crippen LogP contribution in [-0.4, -0.2) is 38.2 Å². The van der Waals surface area contributed by atoms with Crippen LogP contribution in [0.15, 0.2) is 16.9 Å². The highest BCUT2D eigenvalue weighted by molar-refractivity contribution is 5.04. The molecule has 0 unspecified atom stereocenters. The molecule has 2 aliphatic rings. The third-order valence-corrected chi connectivity index (χ3v) is 5.00. The van der Waals surface area contributed by atoms with Gasteiger partial charge in [-0.15, -0.1) is 0 Å². The lowest BCUT2D eigenvalue weighted by Crippen LogP contribution is -2.33. The lowest BCUT2D eigenvalue weighted by Gasteiger charge is -2.30. The van der Waals surface area contributed by atoms with Crippen molar-refractivity contribution in [2.45, 2.75) is 51.1 Å². The van der Waals surface area contributed by atoms with E-state index in [-0.39, 0.29) is 6.04 Å². The highest BCUT2D eigenvalue weighted by atomic mass is 16.5. The van der Waals surface area contributed by atoms with E-state index in [1.165, 1.54) is 25.1 Å². The number of hydrogen-bond acceptors (Lipinski definition) is 5. The fourth-order valence-corrected chi connectivity index (χ4v) is 3.26. The number of fused-ring (bicyclic) bond motifs is 1. The van der Waals surface area contributed by atoms with Crippen molar-refractivity contribution in [2.75, 3.05) is 13.6 Å². The van der Waals surface area contributed by atoms with Crippen LogP contribution >= 0.6 is 0 Å². The average Bonchev–Trinajstić information content (AvgIpc) is 3.08. The molecule has 0 bridgehead atoms. The molecule has 4 rings (SSSR count). The van der Waals surface area contributed by atoms with E-state index in [0.717, 1.165) is 31.2 Å². The normalized spacial score (nSPS) is 22.8. The van der Waals surface area contributed by atoms with Crippen LogP contribution in [-0.2, 0) is 13.0 Å². The maximum atomic E-state index is 5.46. The molecular weight excluding hydrogens is 278 g/mol. The van der Waals surface area contributed by atoms with Crippen LogP contribution in [0.1, 0.15) is 55.7 Å². The van der Waals surface area contributed by atoms with Crippen molar-refractivity contribution in [3.05, 3.63) is 29.9 Å². The highest BCUT2D eigenvalue weighted by Gasteiger charge is 2.30. The number of imidazole rings is 1. The highest BCUT2D eigenvalue weighted by Crippen LogP contribution is 2.38. The molecule has 1 saturated carbocycles. The quantitative estimate of drug-likeness (QED) is 0.848. The molecule has 0 amide bonds. The van der Waals surface area contributed by atoms with Gasteiger partial charge in [0.1, 0.15) is 5.82 Å². The minimum atomic E-state index is 0.171. The minimum Gasteiger partial charge on any atom is -0.338 e. The van der Waals surface area contributed by atoms with Crippen LogP contribution in [0.2, 0.25) is 0 Å². The number of aromatic nitrogens is 4. The summed E-state index contributed by atoms with van der Waals surface area (Å²) in [6.45, 7) is 4.25. The zero-order chi connectivity index (χ0) is 15.1. The zero-order valence-corrected chi connectivity index (χ0v) is 13.3. The molecule has 1 fully saturated rings. The van der Waals surface area contributed by atoms with Crippen molar-refractivity contribution in [1.82, 2.24) is 24.6 Å². The first-order valence-electron chi connectivity index (χ1n) is 8.24. The molecule has 0 spiro atoms. The predicted molar refractivity (Wildman–Crippen MR) is 81.4 cm³/mol. The van der Waals surface area contributed by atoms with Gasteiger partial charge in [0.25, 0.3) is 0 Å². The van der Waals surface area contributed by atoms with E-state index in [1.54, 1.807) is 0 Å². The maximum absolute atomic E-state index is 5.46. The standard InChI is InChI=1S/C16H23N5O/c1-11(16-18-15(19-22-16)13-4-5-13)20(2)9-12-3-6-14-17-7-8-21(14)10-12/h7-8,11-13H,3-6,9-10H2,1-2H3/t11-,12-/m0/s1. The molecule has 0 radical (unpaired) electrons. The molecule has 6 nitrogen and oxygen atoms in total. The van der Waals surface area contributed by atoms with Crippen molar-refractivity contribution in [2.24, 2.45) is 5.92 Å². The molecule has 0 saturated heterocycles. The van der Waals surface area contributed by atoms with E-state index in [9.17, 15) is 0 Å². The summed E-state index contributed by atoms with van der Waals surface area (Å²) in [5, 5.41) is 4.13. The van der Waals surface area contributed by atoms with Crippen LogP contribution < -0.4 is 0 Å². The van der Waals surface area contributed by atoms with Crippen molar-refractivity contribution in [3.63, 3.8) is 0 Å². The Labute approximate surface area is 130 Å². The Morgan fingerprint density at radius 3 is 3.09 bits per heavy atom. The molecular formula is C16H23N5O. The lowest BCUT2D eigenvalue weighted by molar-refractivity contribution is 0.165. The summed E-state index contributed by atoms with van der Waals surface area (Å²) in [6, 6.07) is 0.171. The molecule has 2 aromatic rings. The van der Waals surface area contributed by atoms with Crippen molar-refractivity contribution < 1.29 is 4.52 Å². The van der Waals surface area contributed by atoms with Gasteiger partial charge in [-0.3, -0.25) is 4.90 Å². The Morgan fingerprint density at radius 2 is 2.27 bits per heavy atom. The molecule has 118 valence electrons. The second-order valence-electron chi connectivity index (χ2n) is 6.78. The molecule has 1 aliphatic carbocycles. The summed E-state index contributed by atoms with van der Waals surface area (Å²) in [7, 11) is 2.15. The first-order chi connectivity index (χ1) is 10.7. The maximum Gasteiger partial charge on any atom is 0.243 e. The molecule has 0 N–H and O–H groups in total. The molecule has 0 aromatic carbocycles. The van der Waals surface area contributed by atoms with Crippen molar-refractivity contribution in [3.8, 4) is 0 Å². The van der Waals surface area contributed by atoms with Gasteiger partial charge < -0.3 is 9.09 Å². The largest absolute Gasteiger partial charge is 0.338 e. The summed E-state index contributed by atoms with van der Waals surface area (Å²) in [6.07, 6.45) is 8.68. The Morgan fingerprint density at radius 1 is 1.41 bits per heavy atom. The smallest absolute Gasteiger partial charge is 0.243 e. The van der Waals surface area contributed by atoms with Gasteiger partial charge >= 0.3 is 0 Å². The van der Waals surface area contributed by atoms with E-state index in [1.807, 2.05) is 6.20 Å². The Bertz CT molecular complexity index is 645. The third kappa shape index (κ3) is 2.67. The summed E-state index contributed by atoms with van der Waals surface area (Å²) >= 11 is 0. The van der Waals surface area contributed by atoms with Gasteiger partial charge in [-0.2, -0.15) is 4.98 Å². The predicted octanol–water partition coefficient (Wildman–Crippen LogP) is 2.40. The van der Waals surface area contributed by atoms with Gasteiger partial charge in [-0.25, -0.2) is 4.98 Å². The molecule has 2 atom stereocenters. The Hall–Kier alpha value is -1.69. The zero-order valence-electron chi connectivity index (χ0n) is 13.3. The van der Waals surface area contributed by atoms with E-state index in [0.29, 0.717) is 11.8 Å². The van der Waals surface area contributed by atoms with Crippen LogP contribution in [0.3, 0.4) is 0 Å². The molecule has 6 heteroatoms. The SMILES string of the molecule is C[C@@H](c1nc(C2CC2)no1)N(C)C[C@@H]1CCc2nccn2C1. The van der Waals surface area contributed by atoms with Crippen LogP contribution in [0, 0.1) is 5.92 Å². The van der Waals surface area contributed by atoms with Crippen LogP contribution in [0.25, 0.3) is 0 Å². The van der Waals surface area contributed by atoms with Crippen LogP contribution in [0.5, 0.6) is 0 Å². The van der Waals surface area contributed by atoms with Gasteiger partial charge in [0.15, 0.2) is 5.82 Å². The monoisotopic (exact) mass is 301 g/mol. The molecule has 22 heavy (non-hydrogen) atoms. The fraction of sp³-hybridized carbons (Fsp3) is 0.688. The van der Waals surface area contributed by atoms with Gasteiger partial charge in [-0.1, -0.05) is 5.16 Å².